The Balaban J connectivity index is 0.000000184. The third-order valence-electron chi connectivity index (χ3n) is 2.39. The monoisotopic (exact) mass is 242 g/mol. The van der Waals surface area contributed by atoms with Crippen LogP contribution in [-0.4, -0.2) is 10.2 Å². The molecule has 2 heteroatoms. The van der Waals surface area contributed by atoms with Crippen molar-refractivity contribution in [1.82, 2.24) is 0 Å². The first kappa shape index (κ1) is 13.8. The Hall–Kier alpha value is -2.22. The van der Waals surface area contributed by atoms with Gasteiger partial charge in [0.2, 0.25) is 0 Å². The van der Waals surface area contributed by atoms with Crippen molar-refractivity contribution >= 4 is 0 Å². The second-order valence-corrected chi connectivity index (χ2v) is 3.96. The van der Waals surface area contributed by atoms with Crippen molar-refractivity contribution in [1.29, 1.82) is 0 Å². The molecule has 0 bridgehead atoms. The van der Waals surface area contributed by atoms with Crippen LogP contribution in [-0.2, 0) is 6.42 Å². The van der Waals surface area contributed by atoms with Crippen LogP contribution in [0.5, 0.6) is 11.5 Å². The highest BCUT2D eigenvalue weighted by atomic mass is 16.3. The number of hydrogen-bond acceptors (Lipinski definition) is 2. The average molecular weight is 242 g/mol. The van der Waals surface area contributed by atoms with Gasteiger partial charge in [0.25, 0.3) is 0 Å². The number of benzene rings is 2. The fourth-order valence-corrected chi connectivity index (χ4v) is 1.38. The highest BCUT2D eigenvalue weighted by molar-refractivity contribution is 5.32. The second-order valence-electron chi connectivity index (χ2n) is 3.96. The summed E-state index contributed by atoms with van der Waals surface area (Å²) in [4.78, 5) is 0. The molecule has 0 heterocycles. The second kappa shape index (κ2) is 7.17. The summed E-state index contributed by atoms with van der Waals surface area (Å²) in [6, 6.07) is 14.4. The van der Waals surface area contributed by atoms with E-state index in [0.717, 1.165) is 12.0 Å². The quantitative estimate of drug-likeness (QED) is 0.786. The molecular formula is C16H18O2. The van der Waals surface area contributed by atoms with Gasteiger partial charge in [0.05, 0.1) is 0 Å². The summed E-state index contributed by atoms with van der Waals surface area (Å²) in [5.41, 5.74) is 2.10. The van der Waals surface area contributed by atoms with E-state index >= 15 is 0 Å². The van der Waals surface area contributed by atoms with Gasteiger partial charge in [0, 0.05) is 0 Å². The third-order valence-corrected chi connectivity index (χ3v) is 2.39. The molecule has 0 aliphatic heterocycles. The lowest BCUT2D eigenvalue weighted by Gasteiger charge is -1.97. The van der Waals surface area contributed by atoms with Crippen LogP contribution in [0.3, 0.4) is 0 Å². The summed E-state index contributed by atoms with van der Waals surface area (Å²) in [6.07, 6.45) is 2.50. The van der Waals surface area contributed by atoms with Crippen molar-refractivity contribution in [2.24, 2.45) is 0 Å². The smallest absolute Gasteiger partial charge is 0.119 e. The molecule has 0 saturated carbocycles. The van der Waals surface area contributed by atoms with E-state index in [1.165, 1.54) is 5.56 Å². The molecule has 0 saturated heterocycles. The molecule has 0 aromatic heterocycles. The largest absolute Gasteiger partial charge is 0.508 e. The first-order valence-electron chi connectivity index (χ1n) is 5.77. The Bertz CT molecular complexity index is 466. The SMILES string of the molecule is C=CCc1ccccc1O.Cc1ccc(O)cc1. The minimum atomic E-state index is 0.329. The van der Waals surface area contributed by atoms with E-state index in [1.54, 1.807) is 24.3 Å². The van der Waals surface area contributed by atoms with Gasteiger partial charge in [0.1, 0.15) is 11.5 Å². The van der Waals surface area contributed by atoms with Crippen LogP contribution in [0.2, 0.25) is 0 Å². The normalized spacial score (nSPS) is 9.17. The van der Waals surface area contributed by atoms with Crippen LogP contribution in [0, 0.1) is 6.92 Å². The van der Waals surface area contributed by atoms with E-state index in [0.29, 0.717) is 11.5 Å². The van der Waals surface area contributed by atoms with Crippen molar-refractivity contribution in [3.8, 4) is 11.5 Å². The molecule has 0 spiro atoms. The predicted octanol–water partition coefficient (Wildman–Crippen LogP) is 3.82. The molecule has 2 nitrogen and oxygen atoms in total. The van der Waals surface area contributed by atoms with Crippen LogP contribution in [0.25, 0.3) is 0 Å². The van der Waals surface area contributed by atoms with Crippen molar-refractivity contribution in [3.05, 3.63) is 72.3 Å². The van der Waals surface area contributed by atoms with Gasteiger partial charge in [-0.1, -0.05) is 42.0 Å². The number of rotatable bonds is 2. The zero-order valence-electron chi connectivity index (χ0n) is 10.5. The Morgan fingerprint density at radius 2 is 1.61 bits per heavy atom. The van der Waals surface area contributed by atoms with Gasteiger partial charge >= 0.3 is 0 Å². The minimum Gasteiger partial charge on any atom is -0.508 e. The Morgan fingerprint density at radius 3 is 2.11 bits per heavy atom. The van der Waals surface area contributed by atoms with Crippen molar-refractivity contribution in [2.75, 3.05) is 0 Å². The van der Waals surface area contributed by atoms with Crippen LogP contribution >= 0.6 is 0 Å². The van der Waals surface area contributed by atoms with Crippen molar-refractivity contribution in [2.45, 2.75) is 13.3 Å². The lowest BCUT2D eigenvalue weighted by atomic mass is 10.1. The van der Waals surface area contributed by atoms with Crippen LogP contribution in [0.4, 0.5) is 0 Å². The van der Waals surface area contributed by atoms with E-state index < -0.39 is 0 Å². The molecule has 2 aromatic carbocycles. The maximum absolute atomic E-state index is 9.19. The van der Waals surface area contributed by atoms with Gasteiger partial charge in [-0.3, -0.25) is 0 Å². The number of allylic oxidation sites excluding steroid dienone is 1. The Kier molecular flexibility index (Phi) is 5.52. The van der Waals surface area contributed by atoms with Gasteiger partial charge in [0.15, 0.2) is 0 Å². The highest BCUT2D eigenvalue weighted by Crippen LogP contribution is 2.15. The third kappa shape index (κ3) is 4.74. The molecule has 0 radical (unpaired) electrons. The summed E-state index contributed by atoms with van der Waals surface area (Å²) in [6.45, 7) is 5.57. The average Bonchev–Trinajstić information content (AvgIpc) is 2.37. The molecule has 0 fully saturated rings. The van der Waals surface area contributed by atoms with Gasteiger partial charge in [-0.05, 0) is 37.1 Å². The molecule has 2 rings (SSSR count). The fourth-order valence-electron chi connectivity index (χ4n) is 1.38. The molecule has 0 unspecified atom stereocenters. The van der Waals surface area contributed by atoms with Gasteiger partial charge in [-0.25, -0.2) is 0 Å². The Labute approximate surface area is 108 Å². The van der Waals surface area contributed by atoms with Crippen molar-refractivity contribution < 1.29 is 10.2 Å². The molecule has 18 heavy (non-hydrogen) atoms. The van der Waals surface area contributed by atoms with E-state index in [-0.39, 0.29) is 0 Å². The van der Waals surface area contributed by atoms with Crippen LogP contribution < -0.4 is 0 Å². The maximum atomic E-state index is 9.19. The summed E-state index contributed by atoms with van der Waals surface area (Å²) >= 11 is 0. The predicted molar refractivity (Wildman–Crippen MR) is 74.9 cm³/mol. The standard InChI is InChI=1S/C9H10O.C7H8O/c1-2-5-8-6-3-4-7-9(8)10;1-6-2-4-7(8)5-3-6/h2-4,6-7,10H,1,5H2;2-5,8H,1H3. The molecule has 0 atom stereocenters. The summed E-state index contributed by atoms with van der Waals surface area (Å²) in [5, 5.41) is 18.0. The molecule has 2 aromatic rings. The number of aryl methyl sites for hydroxylation is 1. The van der Waals surface area contributed by atoms with E-state index in [1.807, 2.05) is 37.3 Å². The van der Waals surface area contributed by atoms with Gasteiger partial charge < -0.3 is 10.2 Å². The molecule has 2 N–H and O–H groups in total. The highest BCUT2D eigenvalue weighted by Gasteiger charge is 1.93. The molecular weight excluding hydrogens is 224 g/mol. The lowest BCUT2D eigenvalue weighted by Crippen LogP contribution is -1.79. The number of phenolic OH excluding ortho intramolecular Hbond substituents is 2. The number of hydrogen-bond donors (Lipinski definition) is 2. The number of para-hydroxylation sites is 1. The zero-order chi connectivity index (χ0) is 13.4. The fraction of sp³-hybridized carbons (Fsp3) is 0.125. The first-order valence-corrected chi connectivity index (χ1v) is 5.77. The minimum absolute atomic E-state index is 0.329. The maximum Gasteiger partial charge on any atom is 0.119 e. The zero-order valence-corrected chi connectivity index (χ0v) is 10.5. The Morgan fingerprint density at radius 1 is 1.00 bits per heavy atom. The molecule has 94 valence electrons. The lowest BCUT2D eigenvalue weighted by molar-refractivity contribution is 0.469. The first-order chi connectivity index (χ1) is 8.63. The van der Waals surface area contributed by atoms with Gasteiger partial charge in [-0.2, -0.15) is 0 Å². The summed E-state index contributed by atoms with van der Waals surface area (Å²) in [7, 11) is 0. The van der Waals surface area contributed by atoms with Crippen molar-refractivity contribution in [3.63, 3.8) is 0 Å². The van der Waals surface area contributed by atoms with Gasteiger partial charge in [-0.15, -0.1) is 6.58 Å². The number of aromatic hydroxyl groups is 2. The van der Waals surface area contributed by atoms with E-state index in [9.17, 15) is 5.11 Å². The van der Waals surface area contributed by atoms with Crippen LogP contribution in [0.15, 0.2) is 61.2 Å². The molecule has 0 amide bonds. The molecule has 0 aliphatic carbocycles. The number of phenols is 2. The summed E-state index contributed by atoms with van der Waals surface area (Å²) in [5.74, 6) is 0.679. The van der Waals surface area contributed by atoms with E-state index in [4.69, 9.17) is 5.11 Å². The van der Waals surface area contributed by atoms with Crippen LogP contribution in [0.1, 0.15) is 11.1 Å². The topological polar surface area (TPSA) is 40.5 Å². The van der Waals surface area contributed by atoms with E-state index in [2.05, 4.69) is 6.58 Å². The molecule has 0 aliphatic rings. The summed E-state index contributed by atoms with van der Waals surface area (Å²) < 4.78 is 0.